The number of aromatic nitrogens is 4. The minimum atomic E-state index is -0.0967. The van der Waals surface area contributed by atoms with Crippen LogP contribution in [0.3, 0.4) is 0 Å². The van der Waals surface area contributed by atoms with Crippen LogP contribution in [0.5, 0.6) is 0 Å². The van der Waals surface area contributed by atoms with Crippen molar-refractivity contribution >= 4 is 21.6 Å². The van der Waals surface area contributed by atoms with Gasteiger partial charge in [-0.3, -0.25) is 9.48 Å². The zero-order valence-corrected chi connectivity index (χ0v) is 13.3. The molecule has 4 aromatic rings. The highest BCUT2D eigenvalue weighted by Crippen LogP contribution is 2.32. The number of fused-ring (bicyclic) bond motifs is 1. The van der Waals surface area contributed by atoms with Gasteiger partial charge in [0.1, 0.15) is 4.70 Å². The van der Waals surface area contributed by atoms with Gasteiger partial charge in [-0.25, -0.2) is 4.98 Å². The number of hydrogen-bond donors (Lipinski definition) is 1. The lowest BCUT2D eigenvalue weighted by molar-refractivity contribution is 0.679. The average molecular weight is 322 g/mol. The van der Waals surface area contributed by atoms with Gasteiger partial charge in [-0.05, 0) is 18.6 Å². The van der Waals surface area contributed by atoms with Gasteiger partial charge in [0.25, 0.3) is 5.56 Å². The predicted octanol–water partition coefficient (Wildman–Crippen LogP) is 3.20. The number of thiophene rings is 1. The molecule has 1 aromatic carbocycles. The van der Waals surface area contributed by atoms with Gasteiger partial charge in [0.05, 0.1) is 24.1 Å². The summed E-state index contributed by atoms with van der Waals surface area (Å²) in [5.74, 6) is 0. The fourth-order valence-corrected chi connectivity index (χ4v) is 3.68. The smallest absolute Gasteiger partial charge is 0.268 e. The number of nitrogens with one attached hydrogen (secondary N) is 1. The Morgan fingerprint density at radius 3 is 2.87 bits per heavy atom. The number of hydrogen-bond acceptors (Lipinski definition) is 4. The molecule has 5 nitrogen and oxygen atoms in total. The first-order chi connectivity index (χ1) is 11.2. The number of aromatic amines is 1. The topological polar surface area (TPSA) is 63.6 Å². The molecule has 4 rings (SSSR count). The third-order valence-electron chi connectivity index (χ3n) is 3.72. The first kappa shape index (κ1) is 13.9. The van der Waals surface area contributed by atoms with E-state index in [0.29, 0.717) is 4.70 Å². The molecule has 23 heavy (non-hydrogen) atoms. The molecule has 0 spiro atoms. The second-order valence-corrected chi connectivity index (χ2v) is 6.42. The highest BCUT2D eigenvalue weighted by Gasteiger charge is 2.13. The molecular weight excluding hydrogens is 308 g/mol. The summed E-state index contributed by atoms with van der Waals surface area (Å²) < 4.78 is 2.58. The molecular formula is C17H14N4OS. The van der Waals surface area contributed by atoms with Crippen molar-refractivity contribution in [3.05, 3.63) is 70.5 Å². The number of nitrogens with zero attached hydrogens (tertiary/aromatic N) is 3. The minimum absolute atomic E-state index is 0.0967. The Bertz CT molecular complexity index is 1030. The normalized spacial score (nSPS) is 11.2. The van der Waals surface area contributed by atoms with E-state index in [9.17, 15) is 4.79 Å². The van der Waals surface area contributed by atoms with E-state index in [2.05, 4.69) is 27.2 Å². The lowest BCUT2D eigenvalue weighted by Crippen LogP contribution is -2.02. The van der Waals surface area contributed by atoms with Crippen LogP contribution in [0.1, 0.15) is 11.3 Å². The van der Waals surface area contributed by atoms with Crippen molar-refractivity contribution < 1.29 is 0 Å². The van der Waals surface area contributed by atoms with Gasteiger partial charge in [-0.15, -0.1) is 11.3 Å². The summed E-state index contributed by atoms with van der Waals surface area (Å²) in [6, 6.07) is 12.2. The molecule has 3 aromatic heterocycles. The van der Waals surface area contributed by atoms with E-state index in [4.69, 9.17) is 0 Å². The molecule has 0 unspecified atom stereocenters. The molecule has 0 fully saturated rings. The van der Waals surface area contributed by atoms with Crippen LogP contribution in [0.4, 0.5) is 0 Å². The van der Waals surface area contributed by atoms with Crippen molar-refractivity contribution in [2.24, 2.45) is 0 Å². The largest absolute Gasteiger partial charge is 0.312 e. The van der Waals surface area contributed by atoms with Crippen molar-refractivity contribution in [2.45, 2.75) is 13.5 Å². The van der Waals surface area contributed by atoms with Gasteiger partial charge in [0.15, 0.2) is 0 Å². The molecule has 0 atom stereocenters. The van der Waals surface area contributed by atoms with Crippen molar-refractivity contribution in [3.8, 4) is 10.4 Å². The quantitative estimate of drug-likeness (QED) is 0.630. The highest BCUT2D eigenvalue weighted by molar-refractivity contribution is 7.22. The number of aryl methyl sites for hydroxylation is 1. The summed E-state index contributed by atoms with van der Waals surface area (Å²) in [6.45, 7) is 2.71. The molecule has 6 heteroatoms. The Hall–Kier alpha value is -2.73. The fourth-order valence-electron chi connectivity index (χ4n) is 2.61. The minimum Gasteiger partial charge on any atom is -0.312 e. The van der Waals surface area contributed by atoms with Crippen LogP contribution in [-0.4, -0.2) is 19.7 Å². The van der Waals surface area contributed by atoms with Crippen molar-refractivity contribution in [2.75, 3.05) is 0 Å². The van der Waals surface area contributed by atoms with Gasteiger partial charge in [0, 0.05) is 16.6 Å². The average Bonchev–Trinajstić information content (AvgIpc) is 3.12. The van der Waals surface area contributed by atoms with E-state index < -0.39 is 0 Å². The molecule has 1 N–H and O–H groups in total. The molecule has 0 saturated heterocycles. The summed E-state index contributed by atoms with van der Waals surface area (Å²) in [7, 11) is 0. The Labute approximate surface area is 136 Å². The lowest BCUT2D eigenvalue weighted by atomic mass is 10.2. The highest BCUT2D eigenvalue weighted by atomic mass is 32.1. The van der Waals surface area contributed by atoms with Crippen LogP contribution < -0.4 is 5.56 Å². The Morgan fingerprint density at radius 1 is 1.26 bits per heavy atom. The third kappa shape index (κ3) is 2.57. The van der Waals surface area contributed by atoms with E-state index in [1.165, 1.54) is 23.2 Å². The van der Waals surface area contributed by atoms with E-state index in [1.54, 1.807) is 0 Å². The summed E-state index contributed by atoms with van der Waals surface area (Å²) in [4.78, 5) is 19.7. The second-order valence-electron chi connectivity index (χ2n) is 5.37. The number of H-pyrrole nitrogens is 1. The Balaban J connectivity index is 1.74. The SMILES string of the molecule is Cc1nn(Cc2ccccc2)cc1-c1cc2nc[nH]c(=O)c2s1. The molecule has 0 saturated carbocycles. The molecule has 3 heterocycles. The maximum atomic E-state index is 11.8. The zero-order valence-electron chi connectivity index (χ0n) is 12.5. The monoisotopic (exact) mass is 322 g/mol. The number of benzene rings is 1. The van der Waals surface area contributed by atoms with Gasteiger partial charge >= 0.3 is 0 Å². The van der Waals surface area contributed by atoms with Gasteiger partial charge in [-0.1, -0.05) is 30.3 Å². The summed E-state index contributed by atoms with van der Waals surface area (Å²) >= 11 is 1.45. The molecule has 0 aliphatic heterocycles. The van der Waals surface area contributed by atoms with Gasteiger partial charge in [0.2, 0.25) is 0 Å². The molecule has 0 amide bonds. The van der Waals surface area contributed by atoms with Crippen LogP contribution in [0.15, 0.2) is 53.7 Å². The van der Waals surface area contributed by atoms with Crippen molar-refractivity contribution in [3.63, 3.8) is 0 Å². The zero-order chi connectivity index (χ0) is 15.8. The molecule has 0 bridgehead atoms. The maximum absolute atomic E-state index is 11.8. The van der Waals surface area contributed by atoms with E-state index in [1.807, 2.05) is 42.1 Å². The molecule has 0 aliphatic rings. The standard InChI is InChI=1S/C17H14N4OS/c1-11-13(9-21(20-11)8-12-5-3-2-4-6-12)15-7-14-16(23-15)17(22)19-10-18-14/h2-7,9-10H,8H2,1H3,(H,18,19,22). The predicted molar refractivity (Wildman–Crippen MR) is 91.7 cm³/mol. The van der Waals surface area contributed by atoms with E-state index >= 15 is 0 Å². The molecule has 0 aliphatic carbocycles. The van der Waals surface area contributed by atoms with E-state index in [-0.39, 0.29) is 5.56 Å². The van der Waals surface area contributed by atoms with Crippen molar-refractivity contribution in [1.82, 2.24) is 19.7 Å². The first-order valence-corrected chi connectivity index (χ1v) is 8.08. The summed E-state index contributed by atoms with van der Waals surface area (Å²) in [6.07, 6.45) is 3.47. The lowest BCUT2D eigenvalue weighted by Gasteiger charge is -2.00. The molecule has 114 valence electrons. The summed E-state index contributed by atoms with van der Waals surface area (Å²) in [5, 5.41) is 4.59. The van der Waals surface area contributed by atoms with Crippen LogP contribution in [-0.2, 0) is 6.54 Å². The van der Waals surface area contributed by atoms with Crippen molar-refractivity contribution in [1.29, 1.82) is 0 Å². The van der Waals surface area contributed by atoms with Crippen LogP contribution >= 0.6 is 11.3 Å². The van der Waals surface area contributed by atoms with Crippen LogP contribution in [0.25, 0.3) is 20.7 Å². The summed E-state index contributed by atoms with van der Waals surface area (Å²) in [5.41, 5.74) is 3.83. The number of rotatable bonds is 3. The Kier molecular flexibility index (Phi) is 3.31. The first-order valence-electron chi connectivity index (χ1n) is 7.26. The third-order valence-corrected chi connectivity index (χ3v) is 4.87. The maximum Gasteiger partial charge on any atom is 0.268 e. The Morgan fingerprint density at radius 2 is 2.09 bits per heavy atom. The van der Waals surface area contributed by atoms with E-state index in [0.717, 1.165) is 28.2 Å². The van der Waals surface area contributed by atoms with Gasteiger partial charge in [-0.2, -0.15) is 5.10 Å². The fraction of sp³-hybridized carbons (Fsp3) is 0.118. The second kappa shape index (κ2) is 5.48. The molecule has 0 radical (unpaired) electrons. The van der Waals surface area contributed by atoms with Gasteiger partial charge < -0.3 is 4.98 Å². The van der Waals surface area contributed by atoms with Crippen LogP contribution in [0.2, 0.25) is 0 Å². The van der Waals surface area contributed by atoms with Crippen LogP contribution in [0, 0.1) is 6.92 Å².